The zero-order chi connectivity index (χ0) is 16.9. The smallest absolute Gasteiger partial charge is 0.335 e. The van der Waals surface area contributed by atoms with Gasteiger partial charge in [0.2, 0.25) is 0 Å². The minimum Gasteiger partial charge on any atom is -0.496 e. The summed E-state index contributed by atoms with van der Waals surface area (Å²) in [6.07, 6.45) is 1.70. The number of benzene rings is 3. The Morgan fingerprint density at radius 2 is 1.83 bits per heavy atom. The van der Waals surface area contributed by atoms with Crippen LogP contribution in [0.5, 0.6) is 5.75 Å². The third-order valence-electron chi connectivity index (χ3n) is 3.67. The molecule has 0 aromatic heterocycles. The zero-order valence-electron chi connectivity index (χ0n) is 13.1. The quantitative estimate of drug-likeness (QED) is 0.551. The molecular formula is C19H16N2O3. The fraction of sp³-hybridized carbons (Fsp3) is 0.0526. The molecule has 3 rings (SSSR count). The maximum atomic E-state index is 10.8. The molecule has 0 spiro atoms. The summed E-state index contributed by atoms with van der Waals surface area (Å²) in [7, 11) is 1.62. The number of anilines is 1. The van der Waals surface area contributed by atoms with Crippen molar-refractivity contribution < 1.29 is 14.6 Å². The molecule has 0 heterocycles. The van der Waals surface area contributed by atoms with E-state index in [-0.39, 0.29) is 5.56 Å². The fourth-order valence-corrected chi connectivity index (χ4v) is 2.45. The monoisotopic (exact) mass is 320 g/mol. The van der Waals surface area contributed by atoms with Crippen LogP contribution in [-0.4, -0.2) is 24.4 Å². The van der Waals surface area contributed by atoms with Gasteiger partial charge in [0.15, 0.2) is 0 Å². The number of ether oxygens (including phenoxy) is 1. The van der Waals surface area contributed by atoms with Crippen LogP contribution < -0.4 is 10.2 Å². The second kappa shape index (κ2) is 6.83. The minimum atomic E-state index is -0.953. The van der Waals surface area contributed by atoms with Gasteiger partial charge in [-0.3, -0.25) is 5.43 Å². The number of nitrogens with one attached hydrogen (secondary N) is 1. The van der Waals surface area contributed by atoms with Crippen LogP contribution in [0.4, 0.5) is 5.69 Å². The number of carboxylic acid groups (broad SMARTS) is 1. The lowest BCUT2D eigenvalue weighted by Crippen LogP contribution is -1.97. The van der Waals surface area contributed by atoms with E-state index in [0.717, 1.165) is 22.1 Å². The number of aromatic carboxylic acids is 1. The van der Waals surface area contributed by atoms with Crippen LogP contribution in [-0.2, 0) is 0 Å². The second-order valence-corrected chi connectivity index (χ2v) is 5.16. The maximum Gasteiger partial charge on any atom is 0.335 e. The Morgan fingerprint density at radius 3 is 2.54 bits per heavy atom. The number of nitrogens with zero attached hydrogens (tertiary/aromatic N) is 1. The van der Waals surface area contributed by atoms with Gasteiger partial charge in [-0.05, 0) is 41.1 Å². The molecule has 0 aliphatic carbocycles. The summed E-state index contributed by atoms with van der Waals surface area (Å²) < 4.78 is 5.41. The third kappa shape index (κ3) is 3.20. The maximum absolute atomic E-state index is 10.8. The summed E-state index contributed by atoms with van der Waals surface area (Å²) in [4.78, 5) is 10.8. The molecule has 120 valence electrons. The highest BCUT2D eigenvalue weighted by molar-refractivity contribution is 6.02. The molecule has 3 aromatic rings. The normalized spacial score (nSPS) is 10.9. The highest BCUT2D eigenvalue weighted by Crippen LogP contribution is 2.26. The Labute approximate surface area is 139 Å². The first-order valence-electron chi connectivity index (χ1n) is 7.37. The Bertz CT molecular complexity index is 902. The van der Waals surface area contributed by atoms with Gasteiger partial charge in [0.05, 0.1) is 24.6 Å². The summed E-state index contributed by atoms with van der Waals surface area (Å²) >= 11 is 0. The van der Waals surface area contributed by atoms with Crippen molar-refractivity contribution in [2.75, 3.05) is 12.5 Å². The number of fused-ring (bicyclic) bond motifs is 1. The molecule has 0 saturated heterocycles. The van der Waals surface area contributed by atoms with Gasteiger partial charge in [-0.1, -0.05) is 30.3 Å². The number of hydrazone groups is 1. The van der Waals surface area contributed by atoms with Crippen molar-refractivity contribution in [2.45, 2.75) is 0 Å². The van der Waals surface area contributed by atoms with Crippen LogP contribution >= 0.6 is 0 Å². The van der Waals surface area contributed by atoms with E-state index < -0.39 is 5.97 Å². The van der Waals surface area contributed by atoms with Crippen LogP contribution in [0.1, 0.15) is 15.9 Å². The first-order valence-corrected chi connectivity index (χ1v) is 7.37. The number of rotatable bonds is 5. The van der Waals surface area contributed by atoms with Crippen LogP contribution in [0.3, 0.4) is 0 Å². The van der Waals surface area contributed by atoms with Gasteiger partial charge in [-0.25, -0.2) is 4.79 Å². The molecule has 0 aliphatic heterocycles. The molecule has 5 nitrogen and oxygen atoms in total. The minimum absolute atomic E-state index is 0.236. The van der Waals surface area contributed by atoms with Gasteiger partial charge < -0.3 is 9.84 Å². The van der Waals surface area contributed by atoms with E-state index in [9.17, 15) is 4.79 Å². The first-order chi connectivity index (χ1) is 11.7. The number of methoxy groups -OCH3 is 1. The molecule has 0 atom stereocenters. The lowest BCUT2D eigenvalue weighted by molar-refractivity contribution is 0.0697. The van der Waals surface area contributed by atoms with E-state index >= 15 is 0 Å². The van der Waals surface area contributed by atoms with Gasteiger partial charge >= 0.3 is 5.97 Å². The molecule has 3 aromatic carbocycles. The van der Waals surface area contributed by atoms with Crippen molar-refractivity contribution in [2.24, 2.45) is 5.10 Å². The standard InChI is InChI=1S/C19H16N2O3/c1-24-18-11-8-13-4-2-3-5-16(13)17(18)12-20-21-15-9-6-14(7-10-15)19(22)23/h2-12,21H,1H3,(H,22,23)/b20-12+. The molecule has 0 bridgehead atoms. The predicted octanol–water partition coefficient (Wildman–Crippen LogP) is 3.99. The molecular weight excluding hydrogens is 304 g/mol. The molecule has 0 amide bonds. The number of hydrogen-bond donors (Lipinski definition) is 2. The van der Waals surface area contributed by atoms with Crippen LogP contribution in [0, 0.1) is 0 Å². The van der Waals surface area contributed by atoms with E-state index in [2.05, 4.69) is 10.5 Å². The molecule has 0 fully saturated rings. The highest BCUT2D eigenvalue weighted by atomic mass is 16.5. The third-order valence-corrected chi connectivity index (χ3v) is 3.67. The molecule has 24 heavy (non-hydrogen) atoms. The molecule has 0 aliphatic rings. The molecule has 0 saturated carbocycles. The summed E-state index contributed by atoms with van der Waals surface area (Å²) in [5.41, 5.74) is 4.72. The van der Waals surface area contributed by atoms with Gasteiger partial charge in [0.25, 0.3) is 0 Å². The Balaban J connectivity index is 1.86. The largest absolute Gasteiger partial charge is 0.496 e. The first kappa shape index (κ1) is 15.6. The fourth-order valence-electron chi connectivity index (χ4n) is 2.45. The van der Waals surface area contributed by atoms with E-state index in [1.165, 1.54) is 12.1 Å². The lowest BCUT2D eigenvalue weighted by atomic mass is 10.0. The Morgan fingerprint density at radius 1 is 1.08 bits per heavy atom. The van der Waals surface area contributed by atoms with Crippen molar-refractivity contribution in [1.82, 2.24) is 0 Å². The SMILES string of the molecule is COc1ccc2ccccc2c1/C=N/Nc1ccc(C(=O)O)cc1. The Kier molecular flexibility index (Phi) is 4.43. The lowest BCUT2D eigenvalue weighted by Gasteiger charge is -2.08. The van der Waals surface area contributed by atoms with Crippen molar-refractivity contribution in [3.63, 3.8) is 0 Å². The van der Waals surface area contributed by atoms with Crippen LogP contribution in [0.15, 0.2) is 65.8 Å². The second-order valence-electron chi connectivity index (χ2n) is 5.16. The van der Waals surface area contributed by atoms with Crippen molar-refractivity contribution in [3.05, 3.63) is 71.8 Å². The average Bonchev–Trinajstić information content (AvgIpc) is 2.62. The molecule has 2 N–H and O–H groups in total. The highest BCUT2D eigenvalue weighted by Gasteiger charge is 2.06. The van der Waals surface area contributed by atoms with Crippen molar-refractivity contribution in [1.29, 1.82) is 0 Å². The number of carbonyl (C=O) groups is 1. The molecule has 0 radical (unpaired) electrons. The van der Waals surface area contributed by atoms with Gasteiger partial charge in [0, 0.05) is 5.56 Å². The zero-order valence-corrected chi connectivity index (χ0v) is 13.1. The number of hydrogen-bond acceptors (Lipinski definition) is 4. The van der Waals surface area contributed by atoms with Gasteiger partial charge in [-0.15, -0.1) is 0 Å². The van der Waals surface area contributed by atoms with Crippen LogP contribution in [0.2, 0.25) is 0 Å². The van der Waals surface area contributed by atoms with Gasteiger partial charge in [-0.2, -0.15) is 5.10 Å². The Hall–Kier alpha value is -3.34. The van der Waals surface area contributed by atoms with E-state index in [4.69, 9.17) is 9.84 Å². The predicted molar refractivity (Wildman–Crippen MR) is 95.1 cm³/mol. The van der Waals surface area contributed by atoms with E-state index in [0.29, 0.717) is 5.69 Å². The van der Waals surface area contributed by atoms with E-state index in [1.54, 1.807) is 25.5 Å². The summed E-state index contributed by atoms with van der Waals surface area (Å²) in [6, 6.07) is 18.3. The molecule has 0 unspecified atom stereocenters. The molecule has 5 heteroatoms. The van der Waals surface area contributed by atoms with Crippen LogP contribution in [0.25, 0.3) is 10.8 Å². The van der Waals surface area contributed by atoms with Crippen molar-refractivity contribution in [3.8, 4) is 5.75 Å². The van der Waals surface area contributed by atoms with Crippen molar-refractivity contribution >= 4 is 28.6 Å². The average molecular weight is 320 g/mol. The van der Waals surface area contributed by atoms with Gasteiger partial charge in [0.1, 0.15) is 5.75 Å². The summed E-state index contributed by atoms with van der Waals surface area (Å²) in [6.45, 7) is 0. The number of carboxylic acids is 1. The topological polar surface area (TPSA) is 70.9 Å². The summed E-state index contributed by atoms with van der Waals surface area (Å²) in [5.74, 6) is -0.217. The van der Waals surface area contributed by atoms with E-state index in [1.807, 2.05) is 36.4 Å². The summed E-state index contributed by atoms with van der Waals surface area (Å²) in [5, 5.41) is 15.3.